The van der Waals surface area contributed by atoms with Crippen LogP contribution in [0, 0.1) is 6.92 Å². The maximum Gasteiger partial charge on any atom is 0.279 e. The zero-order valence-electron chi connectivity index (χ0n) is 12.0. The molecule has 0 aliphatic rings. The molecule has 0 bridgehead atoms. The Morgan fingerprint density at radius 3 is 2.40 bits per heavy atom. The molecule has 2 aromatic rings. The van der Waals surface area contributed by atoms with Crippen LogP contribution in [0.4, 0.5) is 5.69 Å². The van der Waals surface area contributed by atoms with Gasteiger partial charge in [0.25, 0.3) is 5.91 Å². The molecule has 0 heterocycles. The fourth-order valence-corrected chi connectivity index (χ4v) is 2.03. The topological polar surface area (TPSA) is 45.7 Å². The van der Waals surface area contributed by atoms with Crippen molar-refractivity contribution in [3.05, 3.63) is 65.7 Å². The molecular weight excluding hydrogens is 248 g/mol. The van der Waals surface area contributed by atoms with E-state index in [0.717, 1.165) is 5.69 Å². The molecule has 0 fully saturated rings. The number of amides is 1. The molecule has 2 rings (SSSR count). The van der Waals surface area contributed by atoms with Gasteiger partial charge in [0.1, 0.15) is 6.04 Å². The monoisotopic (exact) mass is 269 g/mol. The number of quaternary nitrogens is 1. The Bertz CT molecular complexity index is 549. The lowest BCUT2D eigenvalue weighted by Crippen LogP contribution is -2.86. The van der Waals surface area contributed by atoms with Gasteiger partial charge in [0.15, 0.2) is 6.54 Å². The summed E-state index contributed by atoms with van der Waals surface area (Å²) >= 11 is 0. The first kappa shape index (κ1) is 14.3. The first-order valence-corrected chi connectivity index (χ1v) is 6.90. The zero-order valence-corrected chi connectivity index (χ0v) is 12.0. The first-order valence-electron chi connectivity index (χ1n) is 6.90. The van der Waals surface area contributed by atoms with Crippen molar-refractivity contribution < 1.29 is 10.1 Å². The minimum atomic E-state index is 0.0247. The minimum Gasteiger partial charge on any atom is -0.333 e. The summed E-state index contributed by atoms with van der Waals surface area (Å²) < 4.78 is 0. The molecule has 0 spiro atoms. The molecule has 0 unspecified atom stereocenters. The van der Waals surface area contributed by atoms with E-state index in [1.54, 1.807) is 0 Å². The molecule has 0 aromatic heterocycles. The average Bonchev–Trinajstić information content (AvgIpc) is 2.48. The maximum atomic E-state index is 11.9. The minimum absolute atomic E-state index is 0.0247. The van der Waals surface area contributed by atoms with Crippen LogP contribution in [0.15, 0.2) is 54.6 Å². The van der Waals surface area contributed by atoms with Gasteiger partial charge in [-0.25, -0.2) is 0 Å². The number of aryl methyl sites for hydroxylation is 1. The summed E-state index contributed by atoms with van der Waals surface area (Å²) in [6.07, 6.45) is 0. The van der Waals surface area contributed by atoms with E-state index in [1.165, 1.54) is 11.1 Å². The Morgan fingerprint density at radius 1 is 1.10 bits per heavy atom. The summed E-state index contributed by atoms with van der Waals surface area (Å²) in [7, 11) is 0. The fraction of sp³-hybridized carbons (Fsp3) is 0.235. The smallest absolute Gasteiger partial charge is 0.279 e. The molecule has 104 valence electrons. The summed E-state index contributed by atoms with van der Waals surface area (Å²) in [6.45, 7) is 4.55. The van der Waals surface area contributed by atoms with Crippen molar-refractivity contribution in [1.82, 2.24) is 0 Å². The fourth-order valence-electron chi connectivity index (χ4n) is 2.03. The Hall–Kier alpha value is -2.13. The van der Waals surface area contributed by atoms with Crippen LogP contribution in [-0.4, -0.2) is 12.5 Å². The van der Waals surface area contributed by atoms with Crippen LogP contribution < -0.4 is 10.6 Å². The van der Waals surface area contributed by atoms with Crippen molar-refractivity contribution in [1.29, 1.82) is 0 Å². The van der Waals surface area contributed by atoms with Crippen LogP contribution in [0.1, 0.15) is 24.1 Å². The second-order valence-corrected chi connectivity index (χ2v) is 5.05. The van der Waals surface area contributed by atoms with Crippen LogP contribution >= 0.6 is 0 Å². The number of carbonyl (C=O) groups excluding carboxylic acids is 1. The first-order chi connectivity index (χ1) is 9.65. The molecule has 0 radical (unpaired) electrons. The molecular formula is C17H21N2O+. The highest BCUT2D eigenvalue weighted by molar-refractivity contribution is 5.91. The lowest BCUT2D eigenvalue weighted by molar-refractivity contribution is -0.682. The van der Waals surface area contributed by atoms with Crippen molar-refractivity contribution in [3.8, 4) is 0 Å². The van der Waals surface area contributed by atoms with Gasteiger partial charge in [-0.05, 0) is 26.0 Å². The van der Waals surface area contributed by atoms with Gasteiger partial charge in [0, 0.05) is 11.3 Å². The summed E-state index contributed by atoms with van der Waals surface area (Å²) in [6, 6.07) is 18.3. The highest BCUT2D eigenvalue weighted by atomic mass is 16.1. The second kappa shape index (κ2) is 6.87. The summed E-state index contributed by atoms with van der Waals surface area (Å²) in [4.78, 5) is 11.9. The number of anilines is 1. The van der Waals surface area contributed by atoms with Gasteiger partial charge in [0.05, 0.1) is 0 Å². The van der Waals surface area contributed by atoms with E-state index in [0.29, 0.717) is 6.54 Å². The Labute approximate surface area is 120 Å². The van der Waals surface area contributed by atoms with Crippen LogP contribution in [0.25, 0.3) is 0 Å². The quantitative estimate of drug-likeness (QED) is 0.859. The van der Waals surface area contributed by atoms with E-state index in [1.807, 2.05) is 54.7 Å². The summed E-state index contributed by atoms with van der Waals surface area (Å²) in [5, 5.41) is 4.95. The molecule has 3 nitrogen and oxygen atoms in total. The summed E-state index contributed by atoms with van der Waals surface area (Å²) in [5.74, 6) is 0.0247. The number of hydrogen-bond acceptors (Lipinski definition) is 1. The number of rotatable bonds is 5. The van der Waals surface area contributed by atoms with Crippen LogP contribution in [0.5, 0.6) is 0 Å². The normalized spacial score (nSPS) is 11.9. The molecule has 0 saturated carbocycles. The number of carbonyl (C=O) groups is 1. The van der Waals surface area contributed by atoms with E-state index in [9.17, 15) is 4.79 Å². The van der Waals surface area contributed by atoms with Gasteiger partial charge in [-0.2, -0.15) is 0 Å². The van der Waals surface area contributed by atoms with Crippen molar-refractivity contribution in [2.24, 2.45) is 0 Å². The highest BCUT2D eigenvalue weighted by Crippen LogP contribution is 2.08. The third-order valence-electron chi connectivity index (χ3n) is 3.32. The Morgan fingerprint density at radius 2 is 1.75 bits per heavy atom. The predicted octanol–water partition coefficient (Wildman–Crippen LogP) is 2.26. The zero-order chi connectivity index (χ0) is 14.4. The van der Waals surface area contributed by atoms with Crippen molar-refractivity contribution >= 4 is 11.6 Å². The standard InChI is InChI=1S/C17H20N2O/c1-13-8-10-16(11-9-13)19-17(20)12-18-14(2)15-6-4-3-5-7-15/h3-11,14,18H,12H2,1-2H3,(H,19,20)/p+1/t14-/m1/s1. The predicted molar refractivity (Wildman–Crippen MR) is 81.5 cm³/mol. The molecule has 1 atom stereocenters. The molecule has 2 aromatic carbocycles. The molecule has 0 aliphatic heterocycles. The highest BCUT2D eigenvalue weighted by Gasteiger charge is 2.10. The van der Waals surface area contributed by atoms with Gasteiger partial charge in [0.2, 0.25) is 0 Å². The number of hydrogen-bond donors (Lipinski definition) is 2. The lowest BCUT2D eigenvalue weighted by atomic mass is 10.1. The van der Waals surface area contributed by atoms with Crippen LogP contribution in [-0.2, 0) is 4.79 Å². The lowest BCUT2D eigenvalue weighted by Gasteiger charge is -2.11. The number of nitrogens with one attached hydrogen (secondary N) is 1. The Balaban J connectivity index is 1.82. The largest absolute Gasteiger partial charge is 0.333 e. The molecule has 3 heteroatoms. The molecule has 20 heavy (non-hydrogen) atoms. The molecule has 3 N–H and O–H groups in total. The average molecular weight is 269 g/mol. The maximum absolute atomic E-state index is 11.9. The van der Waals surface area contributed by atoms with Crippen molar-refractivity contribution in [2.75, 3.05) is 11.9 Å². The van der Waals surface area contributed by atoms with Gasteiger partial charge in [-0.3, -0.25) is 4.79 Å². The van der Waals surface area contributed by atoms with Crippen molar-refractivity contribution in [3.63, 3.8) is 0 Å². The van der Waals surface area contributed by atoms with E-state index >= 15 is 0 Å². The van der Waals surface area contributed by atoms with Crippen molar-refractivity contribution in [2.45, 2.75) is 19.9 Å². The van der Waals surface area contributed by atoms with Gasteiger partial charge in [-0.15, -0.1) is 0 Å². The summed E-state index contributed by atoms with van der Waals surface area (Å²) in [5.41, 5.74) is 3.27. The van der Waals surface area contributed by atoms with Crippen LogP contribution in [0.3, 0.4) is 0 Å². The van der Waals surface area contributed by atoms with Gasteiger partial charge in [-0.1, -0.05) is 48.0 Å². The van der Waals surface area contributed by atoms with Gasteiger partial charge < -0.3 is 10.6 Å². The second-order valence-electron chi connectivity index (χ2n) is 5.05. The SMILES string of the molecule is Cc1ccc(NC(=O)C[NH2+][C@H](C)c2ccccc2)cc1. The Kier molecular flexibility index (Phi) is 4.91. The number of nitrogens with two attached hydrogens (primary N) is 1. The van der Waals surface area contributed by atoms with E-state index in [-0.39, 0.29) is 11.9 Å². The number of benzene rings is 2. The third-order valence-corrected chi connectivity index (χ3v) is 3.32. The molecule has 1 amide bonds. The molecule has 0 saturated heterocycles. The third kappa shape index (κ3) is 4.21. The van der Waals surface area contributed by atoms with E-state index in [4.69, 9.17) is 0 Å². The van der Waals surface area contributed by atoms with E-state index in [2.05, 4.69) is 24.4 Å². The van der Waals surface area contributed by atoms with Crippen LogP contribution in [0.2, 0.25) is 0 Å². The van der Waals surface area contributed by atoms with E-state index < -0.39 is 0 Å². The van der Waals surface area contributed by atoms with Gasteiger partial charge >= 0.3 is 0 Å². The molecule has 0 aliphatic carbocycles.